The van der Waals surface area contributed by atoms with Crippen LogP contribution in [0.4, 0.5) is 5.69 Å². The molecule has 2 fully saturated rings. The van der Waals surface area contributed by atoms with Crippen molar-refractivity contribution in [2.24, 2.45) is 5.92 Å². The number of benzene rings is 1. The fourth-order valence-electron chi connectivity index (χ4n) is 3.40. The molecule has 0 aromatic heterocycles. The third kappa shape index (κ3) is 4.06. The number of carbonyl (C=O) groups is 2. The van der Waals surface area contributed by atoms with Crippen LogP contribution in [0, 0.1) is 5.92 Å². The van der Waals surface area contributed by atoms with Crippen LogP contribution >= 0.6 is 0 Å². The highest BCUT2D eigenvalue weighted by Crippen LogP contribution is 2.25. The van der Waals surface area contributed by atoms with Crippen molar-refractivity contribution in [3.63, 3.8) is 0 Å². The van der Waals surface area contributed by atoms with E-state index in [9.17, 15) is 9.59 Å². The second-order valence-corrected chi connectivity index (χ2v) is 6.51. The Morgan fingerprint density at radius 3 is 2.25 bits per heavy atom. The zero-order valence-corrected chi connectivity index (χ0v) is 13.7. The summed E-state index contributed by atoms with van der Waals surface area (Å²) >= 11 is 0. The number of amides is 1. The third-order valence-electron chi connectivity index (χ3n) is 4.92. The number of morpholine rings is 1. The number of hydrogen-bond acceptors (Lipinski definition) is 4. The number of nitrogens with one attached hydrogen (secondary N) is 1. The van der Waals surface area contributed by atoms with Crippen LogP contribution in [0.2, 0.25) is 0 Å². The Kier molecular flexibility index (Phi) is 5.35. The number of ether oxygens (including phenoxy) is 1. The topological polar surface area (TPSA) is 78.9 Å². The van der Waals surface area contributed by atoms with Gasteiger partial charge in [-0.15, -0.1) is 0 Å². The average molecular weight is 332 g/mol. The second-order valence-electron chi connectivity index (χ2n) is 6.51. The van der Waals surface area contributed by atoms with Gasteiger partial charge in [0.25, 0.3) is 5.91 Å². The van der Waals surface area contributed by atoms with E-state index in [-0.39, 0.29) is 17.9 Å². The molecule has 1 saturated heterocycles. The molecule has 2 N–H and O–H groups in total. The first-order chi connectivity index (χ1) is 11.6. The summed E-state index contributed by atoms with van der Waals surface area (Å²) in [6, 6.07) is 7.72. The largest absolute Gasteiger partial charge is 0.481 e. The number of carboxylic acid groups (broad SMARTS) is 1. The smallest absolute Gasteiger partial charge is 0.306 e. The van der Waals surface area contributed by atoms with E-state index in [1.165, 1.54) is 0 Å². The maximum absolute atomic E-state index is 12.4. The van der Waals surface area contributed by atoms with Gasteiger partial charge in [0.15, 0.2) is 0 Å². The molecule has 130 valence electrons. The minimum absolute atomic E-state index is 0.0759. The zero-order valence-electron chi connectivity index (χ0n) is 13.7. The van der Waals surface area contributed by atoms with Crippen molar-refractivity contribution >= 4 is 17.6 Å². The van der Waals surface area contributed by atoms with E-state index >= 15 is 0 Å². The van der Waals surface area contributed by atoms with Crippen LogP contribution in [0.25, 0.3) is 0 Å². The molecular formula is C18H24N2O4. The van der Waals surface area contributed by atoms with Crippen LogP contribution in [-0.4, -0.2) is 49.3 Å². The first-order valence-electron chi connectivity index (χ1n) is 8.60. The summed E-state index contributed by atoms with van der Waals surface area (Å²) < 4.78 is 5.35. The molecule has 24 heavy (non-hydrogen) atoms. The Morgan fingerprint density at radius 1 is 1.04 bits per heavy atom. The summed E-state index contributed by atoms with van der Waals surface area (Å²) in [5, 5.41) is 12.0. The molecule has 1 aromatic rings. The summed E-state index contributed by atoms with van der Waals surface area (Å²) in [7, 11) is 0. The molecule has 3 rings (SSSR count). The van der Waals surface area contributed by atoms with E-state index in [2.05, 4.69) is 10.2 Å². The van der Waals surface area contributed by atoms with Gasteiger partial charge in [0.1, 0.15) is 0 Å². The Bertz CT molecular complexity index is 573. The van der Waals surface area contributed by atoms with E-state index in [4.69, 9.17) is 9.84 Å². The summed E-state index contributed by atoms with van der Waals surface area (Å²) in [6.45, 7) is 3.22. The molecule has 1 heterocycles. The van der Waals surface area contributed by atoms with Crippen LogP contribution in [0.1, 0.15) is 36.0 Å². The standard InChI is InChI=1S/C18H24N2O4/c21-17(19-15-5-1-14(2-6-15)18(22)23)13-3-7-16(8-4-13)20-9-11-24-12-10-20/h3-4,7-8,14-15H,1-2,5-6,9-12H2,(H,19,21)(H,22,23). The predicted molar refractivity (Wildman–Crippen MR) is 90.3 cm³/mol. The number of anilines is 1. The molecular weight excluding hydrogens is 308 g/mol. The highest BCUT2D eigenvalue weighted by Gasteiger charge is 2.26. The van der Waals surface area contributed by atoms with Crippen molar-refractivity contribution in [3.05, 3.63) is 29.8 Å². The van der Waals surface area contributed by atoms with Crippen molar-refractivity contribution in [3.8, 4) is 0 Å². The number of aliphatic carboxylic acids is 1. The van der Waals surface area contributed by atoms with Gasteiger partial charge in [-0.25, -0.2) is 0 Å². The molecule has 1 aliphatic heterocycles. The van der Waals surface area contributed by atoms with E-state index < -0.39 is 5.97 Å². The lowest BCUT2D eigenvalue weighted by atomic mass is 9.86. The van der Waals surface area contributed by atoms with Crippen LogP contribution in [0.15, 0.2) is 24.3 Å². The molecule has 1 aliphatic carbocycles. The molecule has 6 heteroatoms. The summed E-state index contributed by atoms with van der Waals surface area (Å²) in [5.74, 6) is -1.06. The monoisotopic (exact) mass is 332 g/mol. The van der Waals surface area contributed by atoms with Crippen molar-refractivity contribution < 1.29 is 19.4 Å². The summed E-state index contributed by atoms with van der Waals surface area (Å²) in [6.07, 6.45) is 2.73. The van der Waals surface area contributed by atoms with Gasteiger partial charge >= 0.3 is 5.97 Å². The lowest BCUT2D eigenvalue weighted by molar-refractivity contribution is -0.142. The second kappa shape index (κ2) is 7.66. The van der Waals surface area contributed by atoms with Crippen molar-refractivity contribution in [1.29, 1.82) is 0 Å². The molecule has 1 aromatic carbocycles. The minimum Gasteiger partial charge on any atom is -0.481 e. The molecule has 6 nitrogen and oxygen atoms in total. The number of nitrogens with zero attached hydrogens (tertiary/aromatic N) is 1. The van der Waals surface area contributed by atoms with Gasteiger partial charge < -0.3 is 20.1 Å². The molecule has 1 saturated carbocycles. The van der Waals surface area contributed by atoms with Crippen LogP contribution in [-0.2, 0) is 9.53 Å². The predicted octanol–water partition coefficient (Wildman–Crippen LogP) is 1.90. The molecule has 0 radical (unpaired) electrons. The zero-order chi connectivity index (χ0) is 16.9. The highest BCUT2D eigenvalue weighted by atomic mass is 16.5. The number of carbonyl (C=O) groups excluding carboxylic acids is 1. The van der Waals surface area contributed by atoms with Gasteiger partial charge in [-0.05, 0) is 49.9 Å². The van der Waals surface area contributed by atoms with Gasteiger partial charge in [-0.1, -0.05) is 0 Å². The SMILES string of the molecule is O=C(NC1CCC(C(=O)O)CC1)c1ccc(N2CCOCC2)cc1. The maximum atomic E-state index is 12.4. The molecule has 0 unspecified atom stereocenters. The van der Waals surface area contributed by atoms with Crippen molar-refractivity contribution in [2.45, 2.75) is 31.7 Å². The average Bonchev–Trinajstić information content (AvgIpc) is 2.63. The molecule has 0 atom stereocenters. The van der Waals surface area contributed by atoms with Gasteiger partial charge in [-0.2, -0.15) is 0 Å². The van der Waals surface area contributed by atoms with E-state index in [1.54, 1.807) is 0 Å². The van der Waals surface area contributed by atoms with E-state index in [1.807, 2.05) is 24.3 Å². The van der Waals surface area contributed by atoms with Crippen molar-refractivity contribution in [2.75, 3.05) is 31.2 Å². The van der Waals surface area contributed by atoms with Gasteiger partial charge in [0.05, 0.1) is 19.1 Å². The molecule has 2 aliphatic rings. The number of rotatable bonds is 4. The van der Waals surface area contributed by atoms with E-state index in [0.717, 1.165) is 44.8 Å². The van der Waals surface area contributed by atoms with E-state index in [0.29, 0.717) is 18.4 Å². The van der Waals surface area contributed by atoms with Gasteiger partial charge in [-0.3, -0.25) is 9.59 Å². The maximum Gasteiger partial charge on any atom is 0.306 e. The van der Waals surface area contributed by atoms with Gasteiger partial charge in [0.2, 0.25) is 0 Å². The van der Waals surface area contributed by atoms with Crippen LogP contribution < -0.4 is 10.2 Å². The first-order valence-corrected chi connectivity index (χ1v) is 8.60. The minimum atomic E-state index is -0.724. The highest BCUT2D eigenvalue weighted by molar-refractivity contribution is 5.94. The summed E-state index contributed by atoms with van der Waals surface area (Å²) in [4.78, 5) is 25.6. The Labute approximate surface area is 141 Å². The normalized spacial score (nSPS) is 24.4. The lowest BCUT2D eigenvalue weighted by Gasteiger charge is -2.29. The Hall–Kier alpha value is -2.08. The summed E-state index contributed by atoms with van der Waals surface area (Å²) in [5.41, 5.74) is 1.75. The number of hydrogen-bond donors (Lipinski definition) is 2. The van der Waals surface area contributed by atoms with Gasteiger partial charge in [0, 0.05) is 30.4 Å². The fourth-order valence-corrected chi connectivity index (χ4v) is 3.40. The van der Waals surface area contributed by atoms with Crippen molar-refractivity contribution in [1.82, 2.24) is 5.32 Å². The fraction of sp³-hybridized carbons (Fsp3) is 0.556. The molecule has 1 amide bonds. The Balaban J connectivity index is 1.53. The number of carboxylic acids is 1. The quantitative estimate of drug-likeness (QED) is 0.880. The van der Waals surface area contributed by atoms with Crippen LogP contribution in [0.5, 0.6) is 0 Å². The molecule has 0 spiro atoms. The Morgan fingerprint density at radius 2 is 1.67 bits per heavy atom. The molecule has 0 bridgehead atoms. The third-order valence-corrected chi connectivity index (χ3v) is 4.92. The first kappa shape index (κ1) is 16.8. The lowest BCUT2D eigenvalue weighted by Crippen LogP contribution is -2.38. The van der Waals surface area contributed by atoms with Crippen LogP contribution in [0.3, 0.4) is 0 Å².